The van der Waals surface area contributed by atoms with Crippen molar-refractivity contribution in [2.45, 2.75) is 38.9 Å². The van der Waals surface area contributed by atoms with Gasteiger partial charge in [-0.15, -0.1) is 0 Å². The molecule has 1 fully saturated rings. The van der Waals surface area contributed by atoms with Crippen molar-refractivity contribution in [3.05, 3.63) is 30.1 Å². The number of likely N-dealkylation sites (tertiary alicyclic amines) is 1. The Hall–Kier alpha value is -1.95. The lowest BCUT2D eigenvalue weighted by atomic mass is 10.2. The molecule has 1 aromatic rings. The predicted molar refractivity (Wildman–Crippen MR) is 80.7 cm³/mol. The third kappa shape index (κ3) is 4.80. The summed E-state index contributed by atoms with van der Waals surface area (Å²) in [5.41, 5.74) is -0.116. The van der Waals surface area contributed by atoms with Gasteiger partial charge in [0.15, 0.2) is 0 Å². The number of carbonyl (C=O) groups is 2. The Labute approximate surface area is 130 Å². The number of aromatic nitrogens is 1. The van der Waals surface area contributed by atoms with E-state index in [1.54, 1.807) is 29.3 Å². The smallest absolute Gasteiger partial charge is 0.410 e. The summed E-state index contributed by atoms with van der Waals surface area (Å²) in [7, 11) is 0. The highest BCUT2D eigenvalue weighted by Crippen LogP contribution is 2.17. The van der Waals surface area contributed by atoms with E-state index >= 15 is 0 Å². The van der Waals surface area contributed by atoms with Crippen molar-refractivity contribution in [1.29, 1.82) is 0 Å². The zero-order valence-corrected chi connectivity index (χ0v) is 13.2. The molecule has 0 spiro atoms. The molecule has 0 radical (unpaired) electrons. The van der Waals surface area contributed by atoms with Crippen LogP contribution in [0.25, 0.3) is 0 Å². The van der Waals surface area contributed by atoms with E-state index in [1.807, 2.05) is 20.8 Å². The third-order valence-corrected chi connectivity index (χ3v) is 3.20. The van der Waals surface area contributed by atoms with Crippen LogP contribution < -0.4 is 0 Å². The fraction of sp³-hybridized carbons (Fsp3) is 0.562. The van der Waals surface area contributed by atoms with Crippen LogP contribution in [-0.4, -0.2) is 53.2 Å². The van der Waals surface area contributed by atoms with Gasteiger partial charge in [-0.3, -0.25) is 9.78 Å². The van der Waals surface area contributed by atoms with E-state index in [-0.39, 0.29) is 24.6 Å². The second-order valence-corrected chi connectivity index (χ2v) is 6.29. The molecule has 1 aliphatic rings. The minimum Gasteiger partial charge on any atom is -0.444 e. The molecule has 2 heterocycles. The molecule has 0 bridgehead atoms. The van der Waals surface area contributed by atoms with Crippen LogP contribution in [0.1, 0.15) is 37.7 Å². The molecule has 1 aliphatic heterocycles. The first-order valence-corrected chi connectivity index (χ1v) is 7.39. The number of amides is 1. The maximum absolute atomic E-state index is 11.9. The van der Waals surface area contributed by atoms with Crippen LogP contribution in [0.15, 0.2) is 24.4 Å². The van der Waals surface area contributed by atoms with Crippen LogP contribution >= 0.6 is 0 Å². The van der Waals surface area contributed by atoms with Gasteiger partial charge >= 0.3 is 6.09 Å². The van der Waals surface area contributed by atoms with Crippen LogP contribution in [0.3, 0.4) is 0 Å². The van der Waals surface area contributed by atoms with Crippen LogP contribution in [-0.2, 0) is 9.47 Å². The molecule has 0 saturated carbocycles. The van der Waals surface area contributed by atoms with Crippen molar-refractivity contribution >= 4 is 11.9 Å². The fourth-order valence-corrected chi connectivity index (χ4v) is 2.15. The molecule has 6 heteroatoms. The van der Waals surface area contributed by atoms with E-state index in [2.05, 4.69) is 4.98 Å². The minimum atomic E-state index is -0.509. The maximum Gasteiger partial charge on any atom is 0.410 e. The number of rotatable bonds is 4. The van der Waals surface area contributed by atoms with E-state index < -0.39 is 5.60 Å². The van der Waals surface area contributed by atoms with Crippen molar-refractivity contribution in [2.75, 3.05) is 19.7 Å². The van der Waals surface area contributed by atoms with Crippen molar-refractivity contribution in [2.24, 2.45) is 0 Å². The number of Topliss-reactive ketones (excluding diaryl/α,β-unsaturated/α-hetero) is 1. The molecule has 6 nitrogen and oxygen atoms in total. The molecule has 1 unspecified atom stereocenters. The number of hydrogen-bond donors (Lipinski definition) is 0. The van der Waals surface area contributed by atoms with E-state index in [9.17, 15) is 9.59 Å². The zero-order chi connectivity index (χ0) is 16.2. The quantitative estimate of drug-likeness (QED) is 0.798. The average Bonchev–Trinajstić information content (AvgIpc) is 2.93. The first kappa shape index (κ1) is 16.4. The normalized spacial score (nSPS) is 18.3. The molecular weight excluding hydrogens is 284 g/mol. The summed E-state index contributed by atoms with van der Waals surface area (Å²) < 4.78 is 10.9. The van der Waals surface area contributed by atoms with Crippen molar-refractivity contribution in [1.82, 2.24) is 9.88 Å². The van der Waals surface area contributed by atoms with Gasteiger partial charge in [-0.1, -0.05) is 6.07 Å². The zero-order valence-electron chi connectivity index (χ0n) is 13.2. The summed E-state index contributed by atoms with van der Waals surface area (Å²) in [4.78, 5) is 29.5. The monoisotopic (exact) mass is 306 g/mol. The summed E-state index contributed by atoms with van der Waals surface area (Å²) in [5, 5.41) is 0. The van der Waals surface area contributed by atoms with E-state index in [0.29, 0.717) is 25.2 Å². The van der Waals surface area contributed by atoms with Gasteiger partial charge in [0, 0.05) is 12.7 Å². The molecule has 1 amide bonds. The van der Waals surface area contributed by atoms with E-state index in [0.717, 1.165) is 0 Å². The maximum atomic E-state index is 11.9. The highest BCUT2D eigenvalue weighted by Gasteiger charge is 2.30. The van der Waals surface area contributed by atoms with Crippen LogP contribution in [0.2, 0.25) is 0 Å². The summed E-state index contributed by atoms with van der Waals surface area (Å²) in [6.45, 7) is 6.51. The Balaban J connectivity index is 1.77. The average molecular weight is 306 g/mol. The fourth-order valence-electron chi connectivity index (χ4n) is 2.15. The highest BCUT2D eigenvalue weighted by molar-refractivity contribution is 5.95. The number of carbonyl (C=O) groups excluding carboxylic acids is 2. The van der Waals surface area contributed by atoms with Crippen LogP contribution in [0.4, 0.5) is 4.79 Å². The van der Waals surface area contributed by atoms with Crippen molar-refractivity contribution in [3.63, 3.8) is 0 Å². The lowest BCUT2D eigenvalue weighted by Crippen LogP contribution is -2.36. The van der Waals surface area contributed by atoms with Crippen LogP contribution in [0, 0.1) is 0 Å². The van der Waals surface area contributed by atoms with Crippen LogP contribution in [0.5, 0.6) is 0 Å². The van der Waals surface area contributed by atoms with Gasteiger partial charge < -0.3 is 14.4 Å². The second kappa shape index (κ2) is 6.87. The van der Waals surface area contributed by atoms with Gasteiger partial charge in [0.05, 0.1) is 12.6 Å². The van der Waals surface area contributed by atoms with E-state index in [1.165, 1.54) is 0 Å². The standard InChI is InChI=1S/C16H22N2O4/c1-16(2,3)22-15(20)18-9-7-12(10-18)21-11-14(19)13-6-4-5-8-17-13/h4-6,8,12H,7,9-11H2,1-3H3. The predicted octanol–water partition coefficient (Wildman–Crippen LogP) is 2.29. The number of hydrogen-bond acceptors (Lipinski definition) is 5. The number of nitrogens with zero attached hydrogens (tertiary/aromatic N) is 2. The topological polar surface area (TPSA) is 68.7 Å². The van der Waals surface area contributed by atoms with Gasteiger partial charge in [-0.2, -0.15) is 0 Å². The lowest BCUT2D eigenvalue weighted by Gasteiger charge is -2.24. The number of ether oxygens (including phenoxy) is 2. The van der Waals surface area contributed by atoms with Gasteiger partial charge in [-0.05, 0) is 39.3 Å². The minimum absolute atomic E-state index is 0.0240. The molecule has 22 heavy (non-hydrogen) atoms. The summed E-state index contributed by atoms with van der Waals surface area (Å²) in [5.74, 6) is -0.156. The third-order valence-electron chi connectivity index (χ3n) is 3.20. The molecule has 0 aromatic carbocycles. The largest absolute Gasteiger partial charge is 0.444 e. The van der Waals surface area contributed by atoms with Crippen molar-refractivity contribution in [3.8, 4) is 0 Å². The van der Waals surface area contributed by atoms with Gasteiger partial charge in [-0.25, -0.2) is 4.79 Å². The summed E-state index contributed by atoms with van der Waals surface area (Å²) in [6.07, 6.45) is 1.80. The van der Waals surface area contributed by atoms with Gasteiger partial charge in [0.2, 0.25) is 5.78 Å². The molecule has 2 rings (SSSR count). The molecular formula is C16H22N2O4. The molecule has 1 atom stereocenters. The van der Waals surface area contributed by atoms with Gasteiger partial charge in [0.25, 0.3) is 0 Å². The summed E-state index contributed by atoms with van der Waals surface area (Å²) in [6, 6.07) is 5.18. The lowest BCUT2D eigenvalue weighted by molar-refractivity contribution is 0.0217. The number of ketones is 1. The van der Waals surface area contributed by atoms with Gasteiger partial charge in [0.1, 0.15) is 17.9 Å². The Morgan fingerprint density at radius 1 is 1.36 bits per heavy atom. The Bertz CT molecular complexity index is 525. The Morgan fingerprint density at radius 2 is 2.14 bits per heavy atom. The molecule has 0 N–H and O–H groups in total. The second-order valence-electron chi connectivity index (χ2n) is 6.29. The molecule has 1 saturated heterocycles. The molecule has 120 valence electrons. The highest BCUT2D eigenvalue weighted by atomic mass is 16.6. The first-order chi connectivity index (χ1) is 10.3. The first-order valence-electron chi connectivity index (χ1n) is 7.39. The number of pyridine rings is 1. The van der Waals surface area contributed by atoms with Crippen molar-refractivity contribution < 1.29 is 19.1 Å². The molecule has 1 aromatic heterocycles. The summed E-state index contributed by atoms with van der Waals surface area (Å²) >= 11 is 0. The Kier molecular flexibility index (Phi) is 5.13. The van der Waals surface area contributed by atoms with E-state index in [4.69, 9.17) is 9.47 Å². The SMILES string of the molecule is CC(C)(C)OC(=O)N1CCC(OCC(=O)c2ccccn2)C1. The molecule has 0 aliphatic carbocycles. The Morgan fingerprint density at radius 3 is 2.77 bits per heavy atom.